The molecule has 0 amide bonds. The fraction of sp³-hybridized carbons (Fsp3) is 0.600. The number of esters is 2. The molecule has 0 atom stereocenters. The highest BCUT2D eigenvalue weighted by molar-refractivity contribution is 7.85. The smallest absolute Gasteiger partial charge is 0.305 e. The van der Waals surface area contributed by atoms with Crippen LogP contribution in [0.2, 0.25) is 0 Å². The Morgan fingerprint density at radius 3 is 2.14 bits per heavy atom. The Morgan fingerprint density at radius 1 is 0.897 bits per heavy atom. The molecule has 0 aliphatic carbocycles. The first kappa shape index (κ1) is 24.9. The lowest BCUT2D eigenvalue weighted by Crippen LogP contribution is -2.07. The van der Waals surface area contributed by atoms with Gasteiger partial charge in [-0.15, -0.1) is 0 Å². The van der Waals surface area contributed by atoms with Crippen LogP contribution in [-0.2, 0) is 46.2 Å². The predicted molar refractivity (Wildman–Crippen MR) is 107 cm³/mol. The van der Waals surface area contributed by atoms with E-state index >= 15 is 0 Å². The average molecular weight is 431 g/mol. The van der Waals surface area contributed by atoms with Crippen molar-refractivity contribution in [3.63, 3.8) is 0 Å². The van der Waals surface area contributed by atoms with E-state index in [0.29, 0.717) is 31.6 Å². The molecule has 1 aromatic rings. The van der Waals surface area contributed by atoms with Crippen LogP contribution in [0.25, 0.3) is 0 Å². The molecule has 29 heavy (non-hydrogen) atoms. The number of ether oxygens (including phenoxy) is 3. The second kappa shape index (κ2) is 13.2. The summed E-state index contributed by atoms with van der Waals surface area (Å²) in [6, 6.07) is 5.66. The monoisotopic (exact) mass is 430 g/mol. The van der Waals surface area contributed by atoms with Crippen molar-refractivity contribution in [1.82, 2.24) is 0 Å². The number of methoxy groups -OCH3 is 2. The zero-order valence-corrected chi connectivity index (χ0v) is 18.1. The van der Waals surface area contributed by atoms with Crippen LogP contribution >= 0.6 is 0 Å². The standard InChI is InChI=1S/C20H30O8S/c1-25-19(21)11-8-16-7-10-18(17(15-16)9-12-20(22)26-2)27-13-5-4-6-14-28-29(3,23)24/h7,10,15H,4-6,8-9,11-14H2,1-3H3. The van der Waals surface area contributed by atoms with Crippen molar-refractivity contribution in [2.45, 2.75) is 44.9 Å². The molecule has 1 aromatic carbocycles. The van der Waals surface area contributed by atoms with Crippen LogP contribution in [0.15, 0.2) is 18.2 Å². The first-order chi connectivity index (χ1) is 13.7. The van der Waals surface area contributed by atoms with Crippen LogP contribution in [0.4, 0.5) is 0 Å². The van der Waals surface area contributed by atoms with E-state index in [4.69, 9.17) is 13.7 Å². The summed E-state index contributed by atoms with van der Waals surface area (Å²) in [4.78, 5) is 22.8. The molecular formula is C20H30O8S. The molecule has 0 unspecified atom stereocenters. The Bertz CT molecular complexity index is 758. The molecule has 0 aromatic heterocycles. The number of hydrogen-bond acceptors (Lipinski definition) is 8. The van der Waals surface area contributed by atoms with Crippen LogP contribution < -0.4 is 4.74 Å². The Morgan fingerprint density at radius 2 is 1.52 bits per heavy atom. The Hall–Kier alpha value is -2.13. The lowest BCUT2D eigenvalue weighted by molar-refractivity contribution is -0.141. The normalized spacial score (nSPS) is 11.1. The summed E-state index contributed by atoms with van der Waals surface area (Å²) in [6.07, 6.45) is 4.68. The predicted octanol–water partition coefficient (Wildman–Crippen LogP) is 2.42. The lowest BCUT2D eigenvalue weighted by atomic mass is 10.0. The van der Waals surface area contributed by atoms with E-state index < -0.39 is 10.1 Å². The van der Waals surface area contributed by atoms with Gasteiger partial charge in [0.25, 0.3) is 10.1 Å². The maximum Gasteiger partial charge on any atom is 0.305 e. The lowest BCUT2D eigenvalue weighted by Gasteiger charge is -2.13. The Kier molecular flexibility index (Phi) is 11.3. The number of unbranched alkanes of at least 4 members (excludes halogenated alkanes) is 2. The highest BCUT2D eigenvalue weighted by Crippen LogP contribution is 2.23. The summed E-state index contributed by atoms with van der Waals surface area (Å²) in [5.41, 5.74) is 1.83. The summed E-state index contributed by atoms with van der Waals surface area (Å²) in [6.45, 7) is 0.629. The molecule has 1 rings (SSSR count). The largest absolute Gasteiger partial charge is 0.493 e. The summed E-state index contributed by atoms with van der Waals surface area (Å²) < 4.78 is 41.7. The van der Waals surface area contributed by atoms with Gasteiger partial charge in [-0.1, -0.05) is 12.1 Å². The van der Waals surface area contributed by atoms with Crippen LogP contribution in [-0.4, -0.2) is 54.0 Å². The Labute approximate surface area is 172 Å². The molecule has 0 N–H and O–H groups in total. The minimum absolute atomic E-state index is 0.165. The zero-order valence-electron chi connectivity index (χ0n) is 17.3. The van der Waals surface area contributed by atoms with Gasteiger partial charge in [0.05, 0.1) is 33.7 Å². The third-order valence-electron chi connectivity index (χ3n) is 4.14. The van der Waals surface area contributed by atoms with Crippen molar-refractivity contribution < 1.29 is 36.4 Å². The molecule has 0 saturated heterocycles. The molecule has 0 aliphatic heterocycles. The highest BCUT2D eigenvalue weighted by Gasteiger charge is 2.10. The topological polar surface area (TPSA) is 105 Å². The summed E-state index contributed by atoms with van der Waals surface area (Å²) in [7, 11) is -0.692. The summed E-state index contributed by atoms with van der Waals surface area (Å²) >= 11 is 0. The SMILES string of the molecule is COC(=O)CCc1ccc(OCCCCCOS(C)(=O)=O)c(CCC(=O)OC)c1. The van der Waals surface area contributed by atoms with E-state index in [-0.39, 0.29) is 31.4 Å². The van der Waals surface area contributed by atoms with Gasteiger partial charge in [0.2, 0.25) is 0 Å². The summed E-state index contributed by atoms with van der Waals surface area (Å²) in [5, 5.41) is 0. The quantitative estimate of drug-likeness (QED) is 0.252. The molecule has 0 bridgehead atoms. The third-order valence-corrected chi connectivity index (χ3v) is 4.73. The van der Waals surface area contributed by atoms with Crippen LogP contribution in [0.1, 0.15) is 43.2 Å². The second-order valence-corrected chi connectivity index (χ2v) is 8.17. The van der Waals surface area contributed by atoms with Gasteiger partial charge in [-0.05, 0) is 49.3 Å². The van der Waals surface area contributed by atoms with Crippen LogP contribution in [0, 0.1) is 0 Å². The number of benzene rings is 1. The first-order valence-corrected chi connectivity index (χ1v) is 11.3. The number of aryl methyl sites for hydroxylation is 2. The van der Waals surface area contributed by atoms with Crippen molar-refractivity contribution >= 4 is 22.1 Å². The molecule has 0 heterocycles. The van der Waals surface area contributed by atoms with Gasteiger partial charge in [-0.3, -0.25) is 13.8 Å². The average Bonchev–Trinajstić information content (AvgIpc) is 2.69. The van der Waals surface area contributed by atoms with E-state index in [1.807, 2.05) is 18.2 Å². The van der Waals surface area contributed by atoms with Gasteiger partial charge in [-0.25, -0.2) is 0 Å². The van der Waals surface area contributed by atoms with E-state index in [9.17, 15) is 18.0 Å². The van der Waals surface area contributed by atoms with Gasteiger partial charge >= 0.3 is 11.9 Å². The van der Waals surface area contributed by atoms with Gasteiger partial charge in [-0.2, -0.15) is 8.42 Å². The molecular weight excluding hydrogens is 400 g/mol. The molecule has 8 nitrogen and oxygen atoms in total. The van der Waals surface area contributed by atoms with Crippen molar-refractivity contribution in [2.75, 3.05) is 33.7 Å². The van der Waals surface area contributed by atoms with Crippen LogP contribution in [0.3, 0.4) is 0 Å². The van der Waals surface area contributed by atoms with Crippen molar-refractivity contribution in [1.29, 1.82) is 0 Å². The number of carbonyl (C=O) groups excluding carboxylic acids is 2. The van der Waals surface area contributed by atoms with Gasteiger partial charge in [0.15, 0.2) is 0 Å². The molecule has 0 radical (unpaired) electrons. The van der Waals surface area contributed by atoms with Gasteiger partial charge in [0, 0.05) is 12.8 Å². The van der Waals surface area contributed by atoms with Crippen molar-refractivity contribution in [3.05, 3.63) is 29.3 Å². The molecule has 9 heteroatoms. The zero-order chi connectivity index (χ0) is 21.7. The molecule has 0 aliphatic rings. The van der Waals surface area contributed by atoms with E-state index in [1.54, 1.807) is 0 Å². The highest BCUT2D eigenvalue weighted by atomic mass is 32.2. The maximum atomic E-state index is 11.5. The van der Waals surface area contributed by atoms with E-state index in [0.717, 1.165) is 30.2 Å². The minimum atomic E-state index is -3.40. The van der Waals surface area contributed by atoms with Gasteiger partial charge in [0.1, 0.15) is 5.75 Å². The fourth-order valence-corrected chi connectivity index (χ4v) is 3.01. The van der Waals surface area contributed by atoms with Crippen molar-refractivity contribution in [3.8, 4) is 5.75 Å². The third kappa shape index (κ3) is 11.5. The maximum absolute atomic E-state index is 11.5. The number of hydrogen-bond donors (Lipinski definition) is 0. The Balaban J connectivity index is 2.58. The number of carbonyl (C=O) groups is 2. The number of rotatable bonds is 14. The molecule has 0 saturated carbocycles. The molecule has 0 spiro atoms. The van der Waals surface area contributed by atoms with E-state index in [1.165, 1.54) is 14.2 Å². The minimum Gasteiger partial charge on any atom is -0.493 e. The second-order valence-electron chi connectivity index (χ2n) is 6.53. The van der Waals surface area contributed by atoms with Crippen LogP contribution in [0.5, 0.6) is 5.75 Å². The fourth-order valence-electron chi connectivity index (χ4n) is 2.59. The molecule has 164 valence electrons. The summed E-state index contributed by atoms with van der Waals surface area (Å²) in [5.74, 6) is 0.103. The first-order valence-electron chi connectivity index (χ1n) is 9.47. The van der Waals surface area contributed by atoms with E-state index in [2.05, 4.69) is 4.74 Å². The molecule has 0 fully saturated rings. The van der Waals surface area contributed by atoms with Gasteiger partial charge < -0.3 is 14.2 Å². The van der Waals surface area contributed by atoms with Crippen molar-refractivity contribution in [2.24, 2.45) is 0 Å².